The number of ketones is 2. The molecular weight excluding hydrogens is 335 g/mol. The summed E-state index contributed by atoms with van der Waals surface area (Å²) in [4.78, 5) is 25.7. The van der Waals surface area contributed by atoms with Crippen LogP contribution in [-0.4, -0.2) is 17.8 Å². The van der Waals surface area contributed by atoms with Gasteiger partial charge < -0.3 is 0 Å². The van der Waals surface area contributed by atoms with E-state index < -0.39 is 11.6 Å². The average molecular weight is 350 g/mol. The third kappa shape index (κ3) is 3.54. The highest BCUT2D eigenvalue weighted by Gasteiger charge is 2.21. The smallest absolute Gasteiger partial charge is 0.234 e. The number of hydrogen-bond acceptors (Lipinski definition) is 3. The first-order valence-electron chi connectivity index (χ1n) is 7.69. The molecule has 25 heavy (non-hydrogen) atoms. The molecule has 0 aliphatic rings. The summed E-state index contributed by atoms with van der Waals surface area (Å²) in [5.74, 6) is -1.52. The van der Waals surface area contributed by atoms with Crippen molar-refractivity contribution in [3.05, 3.63) is 89.7 Å². The maximum Gasteiger partial charge on any atom is 0.234 e. The van der Waals surface area contributed by atoms with E-state index in [0.717, 1.165) is 0 Å². The Labute approximate surface area is 149 Å². The molecule has 0 saturated carbocycles. The minimum atomic E-state index is -0.601. The van der Waals surface area contributed by atoms with Crippen LogP contribution in [0.3, 0.4) is 0 Å². The van der Waals surface area contributed by atoms with Crippen LogP contribution in [0.2, 0.25) is 0 Å². The van der Waals surface area contributed by atoms with E-state index in [1.807, 2.05) is 0 Å². The lowest BCUT2D eigenvalue weighted by atomic mass is 9.93. The fourth-order valence-corrected chi connectivity index (χ4v) is 3.07. The molecule has 2 nitrogen and oxygen atoms in total. The van der Waals surface area contributed by atoms with Crippen LogP contribution in [0.1, 0.15) is 20.7 Å². The highest BCUT2D eigenvalue weighted by atomic mass is 32.2. The zero-order valence-corrected chi connectivity index (χ0v) is 14.3. The van der Waals surface area contributed by atoms with Crippen molar-refractivity contribution in [1.82, 2.24) is 0 Å². The molecule has 0 spiro atoms. The molecule has 3 aromatic rings. The molecule has 0 fully saturated rings. The fourth-order valence-electron chi connectivity index (χ4n) is 2.61. The van der Waals surface area contributed by atoms with Crippen molar-refractivity contribution in [2.75, 3.05) is 6.26 Å². The van der Waals surface area contributed by atoms with Crippen LogP contribution < -0.4 is 0 Å². The predicted molar refractivity (Wildman–Crippen MR) is 98.7 cm³/mol. The lowest BCUT2D eigenvalue weighted by Crippen LogP contribution is -2.15. The quantitative estimate of drug-likeness (QED) is 0.357. The number of rotatable bonds is 5. The van der Waals surface area contributed by atoms with Crippen molar-refractivity contribution in [3.8, 4) is 11.1 Å². The van der Waals surface area contributed by atoms with E-state index in [-0.39, 0.29) is 11.4 Å². The molecule has 0 heterocycles. The second kappa shape index (κ2) is 7.45. The molecule has 3 aromatic carbocycles. The number of carbonyl (C=O) groups excluding carboxylic acids is 2. The van der Waals surface area contributed by atoms with Crippen LogP contribution in [-0.2, 0) is 0 Å². The van der Waals surface area contributed by atoms with Gasteiger partial charge in [-0.05, 0) is 29.5 Å². The number of thioether (sulfide) groups is 1. The summed E-state index contributed by atoms with van der Waals surface area (Å²) >= 11 is 1.32. The van der Waals surface area contributed by atoms with Gasteiger partial charge in [0.1, 0.15) is 5.82 Å². The lowest BCUT2D eigenvalue weighted by molar-refractivity contribution is 0.0817. The van der Waals surface area contributed by atoms with Gasteiger partial charge in [-0.15, -0.1) is 11.8 Å². The summed E-state index contributed by atoms with van der Waals surface area (Å²) < 4.78 is 14.1. The summed E-state index contributed by atoms with van der Waals surface area (Å²) in [5.41, 5.74) is 1.72. The van der Waals surface area contributed by atoms with Crippen molar-refractivity contribution < 1.29 is 14.0 Å². The Balaban J connectivity index is 2.03. The van der Waals surface area contributed by atoms with Gasteiger partial charge in [0.2, 0.25) is 11.6 Å². The highest BCUT2D eigenvalue weighted by Crippen LogP contribution is 2.29. The molecule has 124 valence electrons. The van der Waals surface area contributed by atoms with Gasteiger partial charge in [-0.2, -0.15) is 0 Å². The molecule has 0 aliphatic carbocycles. The van der Waals surface area contributed by atoms with E-state index >= 15 is 0 Å². The Hall–Kier alpha value is -2.72. The van der Waals surface area contributed by atoms with Gasteiger partial charge in [-0.3, -0.25) is 9.59 Å². The van der Waals surface area contributed by atoms with E-state index in [0.29, 0.717) is 21.6 Å². The highest BCUT2D eigenvalue weighted by molar-refractivity contribution is 7.98. The van der Waals surface area contributed by atoms with E-state index in [1.54, 1.807) is 73.0 Å². The van der Waals surface area contributed by atoms with Crippen molar-refractivity contribution in [1.29, 1.82) is 0 Å². The molecule has 0 aliphatic heterocycles. The van der Waals surface area contributed by atoms with Gasteiger partial charge >= 0.3 is 0 Å². The molecule has 0 N–H and O–H groups in total. The predicted octanol–water partition coefficient (Wildman–Crippen LogP) is 5.28. The average Bonchev–Trinajstić information content (AvgIpc) is 2.67. The van der Waals surface area contributed by atoms with Crippen molar-refractivity contribution in [2.24, 2.45) is 0 Å². The minimum absolute atomic E-state index is 0.271. The standard InChI is InChI=1S/C21H15FO2S/c1-25-19-12-11-15(13-18(19)22)16-9-5-6-10-17(16)21(24)20(23)14-7-3-2-4-8-14/h2-13H,1H3. The van der Waals surface area contributed by atoms with Gasteiger partial charge in [0.25, 0.3) is 0 Å². The lowest BCUT2D eigenvalue weighted by Gasteiger charge is -2.10. The van der Waals surface area contributed by atoms with Crippen LogP contribution in [0.25, 0.3) is 11.1 Å². The van der Waals surface area contributed by atoms with Crippen molar-refractivity contribution in [3.63, 3.8) is 0 Å². The first kappa shape index (κ1) is 17.1. The zero-order chi connectivity index (χ0) is 17.8. The van der Waals surface area contributed by atoms with Crippen LogP contribution in [0.5, 0.6) is 0 Å². The third-order valence-corrected chi connectivity index (χ3v) is 4.65. The Kier molecular flexibility index (Phi) is 5.10. The molecule has 0 aromatic heterocycles. The summed E-state index contributed by atoms with van der Waals surface area (Å²) in [6.07, 6.45) is 1.80. The van der Waals surface area contributed by atoms with E-state index in [2.05, 4.69) is 0 Å². The van der Waals surface area contributed by atoms with E-state index in [4.69, 9.17) is 0 Å². The number of hydrogen-bond donors (Lipinski definition) is 0. The molecule has 0 amide bonds. The topological polar surface area (TPSA) is 34.1 Å². The molecule has 4 heteroatoms. The van der Waals surface area contributed by atoms with Gasteiger partial charge in [-0.25, -0.2) is 4.39 Å². The summed E-state index contributed by atoms with van der Waals surface area (Å²) in [5, 5.41) is 0. The van der Waals surface area contributed by atoms with Gasteiger partial charge in [0.15, 0.2) is 0 Å². The monoisotopic (exact) mass is 350 g/mol. The van der Waals surface area contributed by atoms with Crippen LogP contribution in [0.4, 0.5) is 4.39 Å². The van der Waals surface area contributed by atoms with Gasteiger partial charge in [-0.1, -0.05) is 60.7 Å². The molecule has 0 bridgehead atoms. The second-order valence-corrected chi connectivity index (χ2v) is 6.27. The summed E-state index contributed by atoms with van der Waals surface area (Å²) in [6.45, 7) is 0. The number of carbonyl (C=O) groups is 2. The van der Waals surface area contributed by atoms with E-state index in [1.165, 1.54) is 17.8 Å². The minimum Gasteiger partial charge on any atom is -0.285 e. The third-order valence-electron chi connectivity index (χ3n) is 3.88. The van der Waals surface area contributed by atoms with Crippen LogP contribution in [0.15, 0.2) is 77.7 Å². The maximum absolute atomic E-state index is 14.1. The zero-order valence-electron chi connectivity index (χ0n) is 13.5. The van der Waals surface area contributed by atoms with Crippen LogP contribution >= 0.6 is 11.8 Å². The van der Waals surface area contributed by atoms with Crippen molar-refractivity contribution in [2.45, 2.75) is 4.90 Å². The number of benzene rings is 3. The Morgan fingerprint density at radius 1 is 0.840 bits per heavy atom. The fraction of sp³-hybridized carbons (Fsp3) is 0.0476. The molecule has 3 rings (SSSR count). The largest absolute Gasteiger partial charge is 0.285 e. The molecule has 0 atom stereocenters. The molecule has 0 unspecified atom stereocenters. The summed E-state index contributed by atoms with van der Waals surface area (Å²) in [7, 11) is 0. The molecule has 0 radical (unpaired) electrons. The normalized spacial score (nSPS) is 10.5. The van der Waals surface area contributed by atoms with Crippen molar-refractivity contribution >= 4 is 23.3 Å². The first-order valence-corrected chi connectivity index (χ1v) is 8.91. The Morgan fingerprint density at radius 2 is 1.52 bits per heavy atom. The summed E-state index contributed by atoms with van der Waals surface area (Å²) in [6, 6.07) is 20.0. The number of halogens is 1. The molecule has 0 saturated heterocycles. The van der Waals surface area contributed by atoms with Gasteiger partial charge in [0.05, 0.1) is 0 Å². The maximum atomic E-state index is 14.1. The Bertz CT molecular complexity index is 936. The Morgan fingerprint density at radius 3 is 2.20 bits per heavy atom. The first-order chi connectivity index (χ1) is 12.1. The van der Waals surface area contributed by atoms with Crippen LogP contribution in [0, 0.1) is 5.82 Å². The van der Waals surface area contributed by atoms with E-state index in [9.17, 15) is 14.0 Å². The second-order valence-electron chi connectivity index (χ2n) is 5.42. The number of Topliss-reactive ketones (excluding diaryl/α,β-unsaturated/α-hetero) is 2. The molecular formula is C21H15FO2S. The SMILES string of the molecule is CSc1ccc(-c2ccccc2C(=O)C(=O)c2ccccc2)cc1F. The van der Waals surface area contributed by atoms with Gasteiger partial charge in [0, 0.05) is 16.0 Å².